The lowest BCUT2D eigenvalue weighted by atomic mass is 10.0. The summed E-state index contributed by atoms with van der Waals surface area (Å²) in [5, 5.41) is 1.64. The van der Waals surface area contributed by atoms with Gasteiger partial charge < -0.3 is 10.6 Å². The quantitative estimate of drug-likeness (QED) is 0.786. The summed E-state index contributed by atoms with van der Waals surface area (Å²) >= 11 is 1.16. The van der Waals surface area contributed by atoms with E-state index in [2.05, 4.69) is 16.5 Å². The number of nitrogens with one attached hydrogen (secondary N) is 1. The minimum absolute atomic E-state index is 0.293. The first-order valence-corrected chi connectivity index (χ1v) is 9.43. The molecule has 114 valence electrons. The number of nitrogen functional groups attached to an aromatic ring is 1. The molecular formula is C13H23N3O2S2. The van der Waals surface area contributed by atoms with Crippen molar-refractivity contribution >= 4 is 27.0 Å². The van der Waals surface area contributed by atoms with Gasteiger partial charge in [0.2, 0.25) is 10.0 Å². The first-order valence-electron chi connectivity index (χ1n) is 7.07. The molecule has 1 aliphatic rings. The maximum absolute atomic E-state index is 12.0. The molecule has 1 aliphatic heterocycles. The maximum atomic E-state index is 12.0. The molecule has 0 radical (unpaired) electrons. The lowest BCUT2D eigenvalue weighted by Gasteiger charge is -2.33. The van der Waals surface area contributed by atoms with E-state index in [1.54, 1.807) is 5.38 Å². The highest BCUT2D eigenvalue weighted by atomic mass is 32.2. The second kappa shape index (κ2) is 6.89. The number of anilines is 1. The van der Waals surface area contributed by atoms with Crippen molar-refractivity contribution in [3.63, 3.8) is 0 Å². The van der Waals surface area contributed by atoms with E-state index in [0.29, 0.717) is 22.5 Å². The third kappa shape index (κ3) is 4.18. The van der Waals surface area contributed by atoms with Gasteiger partial charge in [0.25, 0.3) is 0 Å². The molecule has 1 aromatic rings. The van der Waals surface area contributed by atoms with Gasteiger partial charge in [0.1, 0.15) is 4.21 Å². The molecular weight excluding hydrogens is 294 g/mol. The van der Waals surface area contributed by atoms with Crippen molar-refractivity contribution in [3.8, 4) is 0 Å². The Kier molecular flexibility index (Phi) is 5.42. The number of sulfonamides is 1. The van der Waals surface area contributed by atoms with Crippen LogP contribution in [-0.2, 0) is 10.0 Å². The zero-order valence-electron chi connectivity index (χ0n) is 11.8. The van der Waals surface area contributed by atoms with Gasteiger partial charge in [0, 0.05) is 23.7 Å². The first kappa shape index (κ1) is 15.8. The molecule has 5 nitrogen and oxygen atoms in total. The Hall–Kier alpha value is -0.630. The van der Waals surface area contributed by atoms with Gasteiger partial charge in [-0.1, -0.05) is 6.42 Å². The summed E-state index contributed by atoms with van der Waals surface area (Å²) in [7, 11) is -3.39. The molecule has 0 aromatic carbocycles. The number of hydrogen-bond donors (Lipinski definition) is 2. The minimum atomic E-state index is -3.39. The fourth-order valence-electron chi connectivity index (χ4n) is 2.52. The van der Waals surface area contributed by atoms with E-state index in [1.165, 1.54) is 25.3 Å². The largest absolute Gasteiger partial charge is 0.398 e. The highest BCUT2D eigenvalue weighted by Crippen LogP contribution is 2.21. The van der Waals surface area contributed by atoms with Crippen molar-refractivity contribution < 1.29 is 8.42 Å². The fourth-order valence-corrected chi connectivity index (χ4v) is 4.72. The molecule has 0 bridgehead atoms. The second-order valence-corrected chi connectivity index (χ2v) is 8.24. The summed E-state index contributed by atoms with van der Waals surface area (Å²) in [6.07, 6.45) is 4.65. The average molecular weight is 317 g/mol. The molecule has 0 spiro atoms. The molecule has 1 saturated heterocycles. The highest BCUT2D eigenvalue weighted by Gasteiger charge is 2.18. The molecule has 2 heterocycles. The van der Waals surface area contributed by atoms with Crippen LogP contribution in [0.25, 0.3) is 0 Å². The van der Waals surface area contributed by atoms with Crippen molar-refractivity contribution in [2.45, 2.75) is 42.9 Å². The fraction of sp³-hybridized carbons (Fsp3) is 0.692. The van der Waals surface area contributed by atoms with Crippen LogP contribution in [0.4, 0.5) is 5.69 Å². The summed E-state index contributed by atoms with van der Waals surface area (Å²) in [4.78, 5) is 2.45. The van der Waals surface area contributed by atoms with Crippen LogP contribution in [0.15, 0.2) is 15.7 Å². The molecule has 0 amide bonds. The smallest absolute Gasteiger partial charge is 0.250 e. The van der Waals surface area contributed by atoms with E-state index in [4.69, 9.17) is 5.73 Å². The van der Waals surface area contributed by atoms with Gasteiger partial charge >= 0.3 is 0 Å². The standard InChI is InChI=1S/C13H23N3O2S2/c1-11-5-2-3-7-16(11)8-4-6-15-20(17,18)13-9-12(14)10-19-13/h9-11,15H,2-8,14H2,1H3. The van der Waals surface area contributed by atoms with Crippen molar-refractivity contribution in [2.24, 2.45) is 0 Å². The van der Waals surface area contributed by atoms with Gasteiger partial charge in [-0.3, -0.25) is 0 Å². The summed E-state index contributed by atoms with van der Waals surface area (Å²) in [6, 6.07) is 2.12. The topological polar surface area (TPSA) is 75.4 Å². The number of nitrogens with two attached hydrogens (primary N) is 1. The zero-order chi connectivity index (χ0) is 14.6. The molecule has 7 heteroatoms. The van der Waals surface area contributed by atoms with Gasteiger partial charge in [0.05, 0.1) is 0 Å². The van der Waals surface area contributed by atoms with Gasteiger partial charge in [0.15, 0.2) is 0 Å². The van der Waals surface area contributed by atoms with E-state index >= 15 is 0 Å². The maximum Gasteiger partial charge on any atom is 0.250 e. The lowest BCUT2D eigenvalue weighted by molar-refractivity contribution is 0.159. The van der Waals surface area contributed by atoms with E-state index in [0.717, 1.165) is 30.8 Å². The van der Waals surface area contributed by atoms with Crippen molar-refractivity contribution in [1.82, 2.24) is 9.62 Å². The average Bonchev–Trinajstić information content (AvgIpc) is 2.84. The van der Waals surface area contributed by atoms with Crippen LogP contribution in [0.2, 0.25) is 0 Å². The van der Waals surface area contributed by atoms with Crippen LogP contribution in [0.5, 0.6) is 0 Å². The number of hydrogen-bond acceptors (Lipinski definition) is 5. The van der Waals surface area contributed by atoms with Gasteiger partial charge in [-0.05, 0) is 45.3 Å². The van der Waals surface area contributed by atoms with Crippen LogP contribution < -0.4 is 10.5 Å². The van der Waals surface area contributed by atoms with E-state index in [1.807, 2.05) is 0 Å². The Morgan fingerprint density at radius 2 is 2.30 bits per heavy atom. The molecule has 0 saturated carbocycles. The Bertz CT molecular complexity index is 527. The summed E-state index contributed by atoms with van der Waals surface area (Å²) in [6.45, 7) is 4.81. The van der Waals surface area contributed by atoms with Crippen LogP contribution in [0, 0.1) is 0 Å². The first-order chi connectivity index (χ1) is 9.49. The Morgan fingerprint density at radius 3 is 2.95 bits per heavy atom. The van der Waals surface area contributed by atoms with Crippen LogP contribution in [0.3, 0.4) is 0 Å². The van der Waals surface area contributed by atoms with E-state index < -0.39 is 10.0 Å². The number of rotatable bonds is 6. The Labute approximate surface area is 125 Å². The van der Waals surface area contributed by atoms with Crippen LogP contribution in [0.1, 0.15) is 32.6 Å². The van der Waals surface area contributed by atoms with E-state index in [-0.39, 0.29) is 0 Å². The number of piperidine rings is 1. The number of thiophene rings is 1. The minimum Gasteiger partial charge on any atom is -0.398 e. The van der Waals surface area contributed by atoms with Crippen molar-refractivity contribution in [1.29, 1.82) is 0 Å². The molecule has 20 heavy (non-hydrogen) atoms. The predicted molar refractivity (Wildman–Crippen MR) is 83.4 cm³/mol. The SMILES string of the molecule is CC1CCCCN1CCCNS(=O)(=O)c1cc(N)cs1. The van der Waals surface area contributed by atoms with Crippen LogP contribution >= 0.6 is 11.3 Å². The monoisotopic (exact) mass is 317 g/mol. The number of likely N-dealkylation sites (tertiary alicyclic amines) is 1. The third-order valence-electron chi connectivity index (χ3n) is 3.72. The van der Waals surface area contributed by atoms with Gasteiger partial charge in [-0.25, -0.2) is 13.1 Å². The van der Waals surface area contributed by atoms with Gasteiger partial charge in [-0.15, -0.1) is 11.3 Å². The summed E-state index contributed by atoms with van der Waals surface area (Å²) in [5.41, 5.74) is 6.05. The highest BCUT2D eigenvalue weighted by molar-refractivity contribution is 7.91. The Balaban J connectivity index is 1.75. The van der Waals surface area contributed by atoms with Gasteiger partial charge in [-0.2, -0.15) is 0 Å². The summed E-state index contributed by atoms with van der Waals surface area (Å²) in [5.74, 6) is 0. The lowest BCUT2D eigenvalue weighted by Crippen LogP contribution is -2.39. The second-order valence-electron chi connectivity index (χ2n) is 5.33. The zero-order valence-corrected chi connectivity index (χ0v) is 13.5. The van der Waals surface area contributed by atoms with E-state index in [9.17, 15) is 8.42 Å². The molecule has 2 rings (SSSR count). The van der Waals surface area contributed by atoms with Crippen LogP contribution in [-0.4, -0.2) is 39.0 Å². The number of nitrogens with zero attached hydrogens (tertiary/aromatic N) is 1. The Morgan fingerprint density at radius 1 is 1.50 bits per heavy atom. The van der Waals surface area contributed by atoms with Crippen molar-refractivity contribution in [2.75, 3.05) is 25.4 Å². The molecule has 1 aromatic heterocycles. The molecule has 3 N–H and O–H groups in total. The predicted octanol–water partition coefficient (Wildman–Crippen LogP) is 1.87. The molecule has 0 aliphatic carbocycles. The normalized spacial score (nSPS) is 21.1. The molecule has 1 fully saturated rings. The molecule has 1 unspecified atom stereocenters. The summed E-state index contributed by atoms with van der Waals surface area (Å²) < 4.78 is 26.9. The molecule has 1 atom stereocenters. The third-order valence-corrected chi connectivity index (χ3v) is 6.63. The van der Waals surface area contributed by atoms with Crippen molar-refractivity contribution in [3.05, 3.63) is 11.4 Å².